The Morgan fingerprint density at radius 3 is 2.37 bits per heavy atom. The number of nitrogens with zero attached hydrogens (tertiary/aromatic N) is 2. The van der Waals surface area contributed by atoms with E-state index in [1.54, 1.807) is 42.5 Å². The van der Waals surface area contributed by atoms with Gasteiger partial charge in [-0.25, -0.2) is 9.29 Å². The number of thiazole rings is 1. The molecule has 7 nitrogen and oxygen atoms in total. The van der Waals surface area contributed by atoms with E-state index in [0.717, 1.165) is 38.8 Å². The summed E-state index contributed by atoms with van der Waals surface area (Å²) in [7, 11) is 0. The molecule has 1 aromatic heterocycles. The average Bonchev–Trinajstić information content (AvgIpc) is 3.44. The normalized spacial score (nSPS) is 19.4. The van der Waals surface area contributed by atoms with Gasteiger partial charge in [0.1, 0.15) is 17.6 Å². The number of benzene rings is 4. The molecule has 0 radical (unpaired) electrons. The lowest BCUT2D eigenvalue weighted by Crippen LogP contribution is -2.33. The molecule has 0 unspecified atom stereocenters. The third-order valence-corrected chi connectivity index (χ3v) is 10.6. The molecule has 2 aliphatic rings. The van der Waals surface area contributed by atoms with Gasteiger partial charge >= 0.3 is 4.87 Å². The van der Waals surface area contributed by atoms with Crippen LogP contribution in [0.25, 0.3) is 10.8 Å². The van der Waals surface area contributed by atoms with Crippen LogP contribution in [0.2, 0.25) is 5.02 Å². The minimum atomic E-state index is -0.855. The van der Waals surface area contributed by atoms with Gasteiger partial charge in [0, 0.05) is 26.9 Å². The third-order valence-electron chi connectivity index (χ3n) is 7.73. The highest BCUT2D eigenvalue weighted by molar-refractivity contribution is 8.00. The monoisotopic (exact) mass is 629 g/mol. The Labute approximate surface area is 257 Å². The molecule has 214 valence electrons. The van der Waals surface area contributed by atoms with E-state index in [1.807, 2.05) is 36.4 Å². The first-order chi connectivity index (χ1) is 20.8. The van der Waals surface area contributed by atoms with Gasteiger partial charge in [-0.2, -0.15) is 0 Å². The first-order valence-electron chi connectivity index (χ1n) is 13.4. The molecule has 3 atom stereocenters. The van der Waals surface area contributed by atoms with Crippen LogP contribution in [0, 0.1) is 11.7 Å². The molecule has 1 N–H and O–H groups in total. The molecule has 0 aliphatic carbocycles. The molecule has 0 spiro atoms. The third kappa shape index (κ3) is 4.75. The van der Waals surface area contributed by atoms with Crippen molar-refractivity contribution in [1.82, 2.24) is 4.57 Å². The molecule has 2 aliphatic heterocycles. The summed E-state index contributed by atoms with van der Waals surface area (Å²) < 4.78 is 15.3. The molecule has 1 fully saturated rings. The fraction of sp³-hybridized carbons (Fsp3) is 0.125. The SMILES string of the molecule is O=C(Cn1c2c(sc1=O)[C@@H](c1ccc(F)cc1)[C@@H]1C(=O)N(c3ccc(Cl)cc3)C(=O)[C@@H]1S2)Nc1cccc2ccccc12. The van der Waals surface area contributed by atoms with Crippen molar-refractivity contribution >= 4 is 74.6 Å². The number of hydrogen-bond donors (Lipinski definition) is 1. The summed E-state index contributed by atoms with van der Waals surface area (Å²) in [5.74, 6) is -3.20. The van der Waals surface area contributed by atoms with Crippen LogP contribution < -0.4 is 15.1 Å². The minimum absolute atomic E-state index is 0.280. The van der Waals surface area contributed by atoms with Crippen molar-refractivity contribution in [2.75, 3.05) is 10.2 Å². The van der Waals surface area contributed by atoms with E-state index in [0.29, 0.717) is 31.9 Å². The number of thioether (sulfide) groups is 1. The van der Waals surface area contributed by atoms with Crippen molar-refractivity contribution in [3.63, 3.8) is 0 Å². The van der Waals surface area contributed by atoms with Crippen molar-refractivity contribution in [1.29, 1.82) is 0 Å². The smallest absolute Gasteiger partial charge is 0.308 e. The standard InChI is InChI=1S/C32H21ClFN3O4S2/c33-19-10-14-21(15-11-19)37-29(39)26-25(18-8-12-20(34)13-9-18)28-31(42-27(26)30(37)40)36(32(41)43-28)16-24(38)35-23-7-3-5-17-4-1-2-6-22(17)23/h1-15,25-27H,16H2,(H,35,38)/t25-,26-,27+/m0/s1. The van der Waals surface area contributed by atoms with Gasteiger partial charge in [0.25, 0.3) is 0 Å². The number of anilines is 2. The molecule has 7 rings (SSSR count). The van der Waals surface area contributed by atoms with Gasteiger partial charge in [0.2, 0.25) is 17.7 Å². The lowest BCUT2D eigenvalue weighted by Gasteiger charge is -2.30. The van der Waals surface area contributed by atoms with Crippen LogP contribution in [0.5, 0.6) is 0 Å². The van der Waals surface area contributed by atoms with Crippen LogP contribution in [0.4, 0.5) is 15.8 Å². The summed E-state index contributed by atoms with van der Waals surface area (Å²) in [5, 5.41) is 4.81. The van der Waals surface area contributed by atoms with Gasteiger partial charge in [-0.05, 0) is 53.4 Å². The maximum Gasteiger partial charge on any atom is 0.308 e. The number of fused-ring (bicyclic) bond motifs is 3. The average molecular weight is 630 g/mol. The summed E-state index contributed by atoms with van der Waals surface area (Å²) in [6, 6.07) is 25.4. The molecule has 0 saturated carbocycles. The number of nitrogens with one attached hydrogen (secondary N) is 1. The van der Waals surface area contributed by atoms with Gasteiger partial charge in [0.05, 0.1) is 16.6 Å². The maximum atomic E-state index is 13.9. The number of carbonyl (C=O) groups is 3. The number of carbonyl (C=O) groups excluding carboxylic acids is 3. The van der Waals surface area contributed by atoms with Crippen LogP contribution in [0.15, 0.2) is 101 Å². The van der Waals surface area contributed by atoms with Crippen LogP contribution >= 0.6 is 34.7 Å². The van der Waals surface area contributed by atoms with Crippen molar-refractivity contribution < 1.29 is 18.8 Å². The number of amides is 3. The number of halogens is 2. The van der Waals surface area contributed by atoms with Crippen molar-refractivity contribution in [3.05, 3.63) is 122 Å². The van der Waals surface area contributed by atoms with Crippen molar-refractivity contribution in [3.8, 4) is 0 Å². The molecule has 3 heterocycles. The highest BCUT2D eigenvalue weighted by atomic mass is 35.5. The molecule has 3 amide bonds. The Morgan fingerprint density at radius 2 is 1.60 bits per heavy atom. The second kappa shape index (κ2) is 10.8. The molecular weight excluding hydrogens is 609 g/mol. The fourth-order valence-electron chi connectivity index (χ4n) is 5.80. The highest BCUT2D eigenvalue weighted by Gasteiger charge is 2.56. The lowest BCUT2D eigenvalue weighted by molar-refractivity contribution is -0.122. The largest absolute Gasteiger partial charge is 0.324 e. The van der Waals surface area contributed by atoms with Crippen LogP contribution in [0.3, 0.4) is 0 Å². The van der Waals surface area contributed by atoms with Crippen molar-refractivity contribution in [2.45, 2.75) is 22.7 Å². The van der Waals surface area contributed by atoms with E-state index < -0.39 is 40.6 Å². The zero-order chi connectivity index (χ0) is 29.8. The molecule has 4 aromatic carbocycles. The van der Waals surface area contributed by atoms with Crippen LogP contribution in [-0.2, 0) is 20.9 Å². The highest BCUT2D eigenvalue weighted by Crippen LogP contribution is 2.53. The minimum Gasteiger partial charge on any atom is -0.324 e. The predicted octanol–water partition coefficient (Wildman–Crippen LogP) is 6.29. The summed E-state index contributed by atoms with van der Waals surface area (Å²) >= 11 is 8.10. The predicted molar refractivity (Wildman–Crippen MR) is 166 cm³/mol. The van der Waals surface area contributed by atoms with Crippen molar-refractivity contribution in [2.24, 2.45) is 5.92 Å². The zero-order valence-electron chi connectivity index (χ0n) is 22.2. The first-order valence-corrected chi connectivity index (χ1v) is 15.4. The van der Waals surface area contributed by atoms with E-state index in [9.17, 15) is 23.6 Å². The molecule has 0 bridgehead atoms. The summed E-state index contributed by atoms with van der Waals surface area (Å²) in [4.78, 5) is 55.7. The van der Waals surface area contributed by atoms with E-state index in [1.165, 1.54) is 16.7 Å². The van der Waals surface area contributed by atoms with Gasteiger partial charge in [-0.15, -0.1) is 0 Å². The Hall–Kier alpha value is -4.25. The second-order valence-electron chi connectivity index (χ2n) is 10.3. The zero-order valence-corrected chi connectivity index (χ0v) is 24.6. The lowest BCUT2D eigenvalue weighted by atomic mass is 9.83. The Balaban J connectivity index is 1.28. The summed E-state index contributed by atoms with van der Waals surface area (Å²) in [6.07, 6.45) is 0. The van der Waals surface area contributed by atoms with Gasteiger partial charge in [-0.3, -0.25) is 23.7 Å². The molecule has 11 heteroatoms. The Morgan fingerprint density at radius 1 is 0.884 bits per heavy atom. The van der Waals surface area contributed by atoms with Gasteiger partial charge < -0.3 is 5.32 Å². The Kier molecular flexibility index (Phi) is 6.92. The van der Waals surface area contributed by atoms with Gasteiger partial charge in [0.15, 0.2) is 0 Å². The molecular formula is C32H21ClFN3O4S2. The topological polar surface area (TPSA) is 88.5 Å². The van der Waals surface area contributed by atoms with E-state index >= 15 is 0 Å². The number of imide groups is 1. The number of rotatable bonds is 5. The summed E-state index contributed by atoms with van der Waals surface area (Å²) in [5.41, 5.74) is 1.61. The van der Waals surface area contributed by atoms with E-state index in [2.05, 4.69) is 5.32 Å². The maximum absolute atomic E-state index is 13.9. The molecule has 5 aromatic rings. The van der Waals surface area contributed by atoms with E-state index in [-0.39, 0.29) is 11.4 Å². The number of aromatic nitrogens is 1. The second-order valence-corrected chi connectivity index (χ2v) is 12.8. The van der Waals surface area contributed by atoms with E-state index in [4.69, 9.17) is 11.6 Å². The van der Waals surface area contributed by atoms with Crippen LogP contribution in [-0.4, -0.2) is 27.5 Å². The first kappa shape index (κ1) is 27.6. The van der Waals surface area contributed by atoms with Gasteiger partial charge in [-0.1, -0.05) is 83.2 Å². The number of hydrogen-bond acceptors (Lipinski definition) is 6. The molecule has 43 heavy (non-hydrogen) atoms. The van der Waals surface area contributed by atoms with Crippen LogP contribution in [0.1, 0.15) is 16.4 Å². The summed E-state index contributed by atoms with van der Waals surface area (Å²) in [6.45, 7) is -0.280. The quantitative estimate of drug-likeness (QED) is 0.231. The molecule has 1 saturated heterocycles. The Bertz CT molecular complexity index is 1990. The fourth-order valence-corrected chi connectivity index (χ4v) is 8.70.